The first-order valence-electron chi connectivity index (χ1n) is 7.82. The van der Waals surface area contributed by atoms with Crippen LogP contribution >= 0.6 is 0 Å². The number of aromatic carboxylic acids is 1. The first-order valence-corrected chi connectivity index (χ1v) is 7.82. The van der Waals surface area contributed by atoms with Crippen LogP contribution in [0.3, 0.4) is 0 Å². The van der Waals surface area contributed by atoms with Gasteiger partial charge in [0.05, 0.1) is 6.54 Å². The van der Waals surface area contributed by atoms with Crippen LogP contribution in [0.2, 0.25) is 0 Å². The van der Waals surface area contributed by atoms with Gasteiger partial charge in [-0.25, -0.2) is 14.6 Å². The molecule has 2 aliphatic heterocycles. The standard InChI is InChI=1S/C16H19N3O6/c1-15(2,3)25-14(23)19-7-6-16(8-19)13(22)18-9-4-5-10(12(20)21)17-11(9)24-16/h4-5H,6-8H2,1-3H3,(H,18,22)(H,20,21). The van der Waals surface area contributed by atoms with Gasteiger partial charge >= 0.3 is 12.1 Å². The van der Waals surface area contributed by atoms with E-state index in [9.17, 15) is 14.4 Å². The van der Waals surface area contributed by atoms with E-state index in [2.05, 4.69) is 10.3 Å². The van der Waals surface area contributed by atoms with Crippen LogP contribution in [0.5, 0.6) is 5.88 Å². The number of ether oxygens (including phenoxy) is 2. The molecule has 0 saturated carbocycles. The second-order valence-corrected chi connectivity index (χ2v) is 7.06. The van der Waals surface area contributed by atoms with Crippen molar-refractivity contribution in [2.75, 3.05) is 18.4 Å². The van der Waals surface area contributed by atoms with Gasteiger partial charge < -0.3 is 24.8 Å². The van der Waals surface area contributed by atoms with Crippen molar-refractivity contribution in [2.24, 2.45) is 0 Å². The zero-order valence-electron chi connectivity index (χ0n) is 14.2. The minimum atomic E-state index is -1.30. The maximum absolute atomic E-state index is 12.5. The first kappa shape index (κ1) is 17.0. The van der Waals surface area contributed by atoms with E-state index in [0.717, 1.165) is 0 Å². The second kappa shape index (κ2) is 5.61. The number of rotatable bonds is 1. The minimum Gasteiger partial charge on any atom is -0.477 e. The highest BCUT2D eigenvalue weighted by molar-refractivity contribution is 6.01. The van der Waals surface area contributed by atoms with Crippen molar-refractivity contribution >= 4 is 23.7 Å². The van der Waals surface area contributed by atoms with Crippen LogP contribution in [-0.4, -0.2) is 57.3 Å². The lowest BCUT2D eigenvalue weighted by Crippen LogP contribution is -2.53. The molecule has 1 atom stereocenters. The molecule has 2 amide bonds. The maximum atomic E-state index is 12.5. The normalized spacial score (nSPS) is 22.2. The van der Waals surface area contributed by atoms with Crippen molar-refractivity contribution in [2.45, 2.75) is 38.4 Å². The Hall–Kier alpha value is -2.84. The molecule has 1 aromatic rings. The third kappa shape index (κ3) is 3.21. The summed E-state index contributed by atoms with van der Waals surface area (Å²) in [4.78, 5) is 41.1. The fourth-order valence-corrected chi connectivity index (χ4v) is 2.73. The lowest BCUT2D eigenvalue weighted by molar-refractivity contribution is -0.131. The molecule has 0 bridgehead atoms. The number of nitrogens with one attached hydrogen (secondary N) is 1. The topological polar surface area (TPSA) is 118 Å². The summed E-state index contributed by atoms with van der Waals surface area (Å²) < 4.78 is 11.1. The SMILES string of the molecule is CC(C)(C)OC(=O)N1CCC2(C1)Oc1nc(C(=O)O)ccc1NC2=O. The van der Waals surface area contributed by atoms with Crippen molar-refractivity contribution in [3.05, 3.63) is 17.8 Å². The highest BCUT2D eigenvalue weighted by atomic mass is 16.6. The largest absolute Gasteiger partial charge is 0.477 e. The second-order valence-electron chi connectivity index (χ2n) is 7.06. The molecule has 2 N–H and O–H groups in total. The van der Waals surface area contributed by atoms with E-state index in [0.29, 0.717) is 5.69 Å². The van der Waals surface area contributed by atoms with Crippen molar-refractivity contribution in [3.63, 3.8) is 0 Å². The molecule has 134 valence electrons. The molecule has 9 nitrogen and oxygen atoms in total. The Kier molecular flexibility index (Phi) is 3.81. The van der Waals surface area contributed by atoms with Crippen LogP contribution < -0.4 is 10.1 Å². The van der Waals surface area contributed by atoms with Gasteiger partial charge in [-0.1, -0.05) is 0 Å². The molecule has 2 aliphatic rings. The Morgan fingerprint density at radius 1 is 1.40 bits per heavy atom. The summed E-state index contributed by atoms with van der Waals surface area (Å²) in [5, 5.41) is 11.7. The fourth-order valence-electron chi connectivity index (χ4n) is 2.73. The van der Waals surface area contributed by atoms with Crippen LogP contribution in [-0.2, 0) is 9.53 Å². The summed E-state index contributed by atoms with van der Waals surface area (Å²) in [6, 6.07) is 2.71. The van der Waals surface area contributed by atoms with Gasteiger partial charge in [-0.3, -0.25) is 4.79 Å². The number of hydrogen-bond acceptors (Lipinski definition) is 6. The molecule has 1 unspecified atom stereocenters. The van der Waals surface area contributed by atoms with Crippen LogP contribution in [0, 0.1) is 0 Å². The lowest BCUT2D eigenvalue weighted by atomic mass is 10.0. The summed E-state index contributed by atoms with van der Waals surface area (Å²) in [5.74, 6) is -1.55. The summed E-state index contributed by atoms with van der Waals surface area (Å²) in [6.45, 7) is 5.57. The number of carboxylic acid groups (broad SMARTS) is 1. The molecular weight excluding hydrogens is 330 g/mol. The number of carbonyl (C=O) groups excluding carboxylic acids is 2. The van der Waals surface area contributed by atoms with E-state index >= 15 is 0 Å². The van der Waals surface area contributed by atoms with Crippen molar-refractivity contribution in [1.82, 2.24) is 9.88 Å². The molecule has 3 heterocycles. The summed E-state index contributed by atoms with van der Waals surface area (Å²) in [5.41, 5.74) is -1.83. The summed E-state index contributed by atoms with van der Waals surface area (Å²) >= 11 is 0. The predicted molar refractivity (Wildman–Crippen MR) is 85.6 cm³/mol. The molecule has 0 radical (unpaired) electrons. The number of fused-ring (bicyclic) bond motifs is 1. The maximum Gasteiger partial charge on any atom is 0.410 e. The van der Waals surface area contributed by atoms with E-state index in [1.807, 2.05) is 0 Å². The number of anilines is 1. The summed E-state index contributed by atoms with van der Waals surface area (Å²) in [7, 11) is 0. The van der Waals surface area contributed by atoms with Gasteiger partial charge in [0.25, 0.3) is 5.91 Å². The van der Waals surface area contributed by atoms with Crippen LogP contribution in [0.4, 0.5) is 10.5 Å². The Labute approximate surface area is 143 Å². The van der Waals surface area contributed by atoms with Crippen molar-refractivity contribution in [1.29, 1.82) is 0 Å². The molecule has 1 spiro atoms. The van der Waals surface area contributed by atoms with Crippen LogP contribution in [0.1, 0.15) is 37.7 Å². The summed E-state index contributed by atoms with van der Waals surface area (Å²) in [6.07, 6.45) is -0.268. The van der Waals surface area contributed by atoms with Gasteiger partial charge in [0.15, 0.2) is 5.69 Å². The highest BCUT2D eigenvalue weighted by Gasteiger charge is 2.52. The van der Waals surface area contributed by atoms with E-state index in [1.165, 1.54) is 17.0 Å². The fraction of sp³-hybridized carbons (Fsp3) is 0.500. The molecule has 1 saturated heterocycles. The number of amides is 2. The number of likely N-dealkylation sites (tertiary alicyclic amines) is 1. The van der Waals surface area contributed by atoms with Crippen molar-refractivity contribution < 1.29 is 29.0 Å². The van der Waals surface area contributed by atoms with Gasteiger partial charge in [0.1, 0.15) is 11.3 Å². The molecule has 0 aromatic carbocycles. The molecule has 3 rings (SSSR count). The average molecular weight is 349 g/mol. The molecule has 0 aliphatic carbocycles. The third-order valence-electron chi connectivity index (χ3n) is 3.92. The zero-order valence-corrected chi connectivity index (χ0v) is 14.2. The number of nitrogens with zero attached hydrogens (tertiary/aromatic N) is 2. The van der Waals surface area contributed by atoms with Gasteiger partial charge in [0, 0.05) is 13.0 Å². The molecule has 9 heteroatoms. The molecule has 1 aromatic heterocycles. The zero-order chi connectivity index (χ0) is 18.4. The molecule has 1 fully saturated rings. The lowest BCUT2D eigenvalue weighted by Gasteiger charge is -2.33. The van der Waals surface area contributed by atoms with Gasteiger partial charge in [-0.05, 0) is 32.9 Å². The monoisotopic (exact) mass is 349 g/mol. The van der Waals surface area contributed by atoms with Crippen LogP contribution in [0.15, 0.2) is 12.1 Å². The Balaban J connectivity index is 1.81. The highest BCUT2D eigenvalue weighted by Crippen LogP contribution is 2.37. The molecular formula is C16H19N3O6. The smallest absolute Gasteiger partial charge is 0.410 e. The van der Waals surface area contributed by atoms with E-state index in [-0.39, 0.29) is 31.1 Å². The predicted octanol–water partition coefficient (Wildman–Crippen LogP) is 1.49. The minimum absolute atomic E-state index is 0.00612. The first-order chi connectivity index (χ1) is 11.6. The van der Waals surface area contributed by atoms with Gasteiger partial charge in [0.2, 0.25) is 11.5 Å². The van der Waals surface area contributed by atoms with Gasteiger partial charge in [-0.2, -0.15) is 0 Å². The van der Waals surface area contributed by atoms with E-state index < -0.39 is 29.2 Å². The van der Waals surface area contributed by atoms with E-state index in [4.69, 9.17) is 14.6 Å². The third-order valence-corrected chi connectivity index (χ3v) is 3.92. The number of aromatic nitrogens is 1. The number of pyridine rings is 1. The van der Waals surface area contributed by atoms with Gasteiger partial charge in [-0.15, -0.1) is 0 Å². The van der Waals surface area contributed by atoms with E-state index in [1.54, 1.807) is 20.8 Å². The average Bonchev–Trinajstić information content (AvgIpc) is 2.91. The Morgan fingerprint density at radius 2 is 2.12 bits per heavy atom. The van der Waals surface area contributed by atoms with Crippen molar-refractivity contribution in [3.8, 4) is 5.88 Å². The number of carboxylic acids is 1. The van der Waals surface area contributed by atoms with Crippen LogP contribution in [0.25, 0.3) is 0 Å². The molecule has 25 heavy (non-hydrogen) atoms. The Bertz CT molecular complexity index is 757. The number of hydrogen-bond donors (Lipinski definition) is 2. The quantitative estimate of drug-likeness (QED) is 0.788. The Morgan fingerprint density at radius 3 is 2.76 bits per heavy atom. The number of carbonyl (C=O) groups is 3.